The quantitative estimate of drug-likeness (QED) is 0.0281. The Kier molecular flexibility index (Phi) is 22.7. The lowest BCUT2D eigenvalue weighted by Crippen LogP contribution is -2.15. The summed E-state index contributed by atoms with van der Waals surface area (Å²) in [4.78, 5) is 98.3. The number of carboxylic acids is 8. The maximum atomic E-state index is 12.3. The molecule has 9 rings (SSSR count). The normalized spacial score (nSPS) is 12.0. The van der Waals surface area contributed by atoms with Crippen LogP contribution in [0.4, 0.5) is 0 Å². The molecular weight excluding hydrogens is 1250 g/mol. The summed E-state index contributed by atoms with van der Waals surface area (Å²) in [7, 11) is 0. The van der Waals surface area contributed by atoms with Crippen molar-refractivity contribution >= 4 is 47.8 Å². The van der Waals surface area contributed by atoms with E-state index in [1.165, 1.54) is 0 Å². The molecule has 24 nitrogen and oxygen atoms in total. The van der Waals surface area contributed by atoms with E-state index in [2.05, 4.69) is 0 Å². The molecule has 0 aliphatic heterocycles. The minimum absolute atomic E-state index is 0.0593. The molecule has 8 N–H and O–H groups in total. The number of carboxylic acid groups (broad SMARTS) is 8. The molecule has 0 heterocycles. The monoisotopic (exact) mass is 1310 g/mol. The maximum Gasteiger partial charge on any atom is 0.341 e. The number of carbonyl (C=O) groups is 8. The Labute approximate surface area is 547 Å². The van der Waals surface area contributed by atoms with Crippen LogP contribution in [-0.4, -0.2) is 141 Å². The van der Waals surface area contributed by atoms with Gasteiger partial charge in [-0.2, -0.15) is 0 Å². The Morgan fingerprint density at radius 2 is 0.271 bits per heavy atom. The third-order valence-corrected chi connectivity index (χ3v) is 15.2. The summed E-state index contributed by atoms with van der Waals surface area (Å²) in [6.45, 7) is -6.50. The minimum Gasteiger partial charge on any atom is -0.481 e. The van der Waals surface area contributed by atoms with Crippen LogP contribution in [0.25, 0.3) is 0 Å². The van der Waals surface area contributed by atoms with Crippen molar-refractivity contribution in [3.05, 3.63) is 235 Å². The van der Waals surface area contributed by atoms with Crippen LogP contribution in [0.1, 0.15) is 89.0 Å². The standard InChI is InChI=1S/C72H64O24/c73-57(74)33-89-65-41-9-1-10-42(65)26-44-12-3-14-46(67(44)91-35-59(77)78)28-48-16-5-18-50(69(48)93-37-61(81)82)30-52-20-7-22-54(71(52)95-39-63(85)86)32-56-24-8-23-55(72(56)96-40-64(87)88)31-53-21-6-19-51(70(53)94-38-62(83)84)29-49-17-4-15-47(68(49)92-36-60(79)80)27-45-13-2-11-43(25-41)66(45)90-34-58(75)76/h1-24H,25-40H2,(H,73,74)(H,75,76)(H,77,78)(H,79,80)(H,81,82)(H,83,84)(H,85,86)(H,87,88). The second-order valence-corrected chi connectivity index (χ2v) is 22.1. The van der Waals surface area contributed by atoms with Gasteiger partial charge in [-0.05, 0) is 89.0 Å². The molecule has 16 bridgehead atoms. The topological polar surface area (TPSA) is 372 Å². The summed E-state index contributed by atoms with van der Waals surface area (Å²) in [5.41, 5.74) is 6.56. The molecule has 8 aromatic rings. The van der Waals surface area contributed by atoms with E-state index in [1.807, 2.05) is 0 Å². The van der Waals surface area contributed by atoms with Crippen molar-refractivity contribution in [1.82, 2.24) is 0 Å². The average molecular weight is 1310 g/mol. The summed E-state index contributed by atoms with van der Waals surface area (Å²) < 4.78 is 48.7. The zero-order chi connectivity index (χ0) is 68.4. The Hall–Kier alpha value is -12.1. The van der Waals surface area contributed by atoms with Gasteiger partial charge in [0.1, 0.15) is 46.0 Å². The molecular formula is C72H64O24. The molecule has 96 heavy (non-hydrogen) atoms. The number of hydrogen-bond donors (Lipinski definition) is 8. The average Bonchev–Trinajstić information content (AvgIpc) is 0.830. The Balaban J connectivity index is 1.28. The van der Waals surface area contributed by atoms with Gasteiger partial charge in [-0.25, -0.2) is 38.4 Å². The lowest BCUT2D eigenvalue weighted by molar-refractivity contribution is -0.140. The van der Waals surface area contributed by atoms with Crippen molar-refractivity contribution in [2.45, 2.75) is 51.4 Å². The molecule has 0 fully saturated rings. The van der Waals surface area contributed by atoms with Gasteiger partial charge in [0.2, 0.25) is 0 Å². The number of rotatable bonds is 24. The smallest absolute Gasteiger partial charge is 0.341 e. The number of aliphatic carboxylic acids is 8. The Morgan fingerprint density at radius 1 is 0.188 bits per heavy atom. The van der Waals surface area contributed by atoms with Crippen LogP contribution in [0.3, 0.4) is 0 Å². The second-order valence-electron chi connectivity index (χ2n) is 22.1. The van der Waals surface area contributed by atoms with Crippen molar-refractivity contribution < 1.29 is 117 Å². The van der Waals surface area contributed by atoms with Gasteiger partial charge in [0.05, 0.1) is 0 Å². The van der Waals surface area contributed by atoms with E-state index in [4.69, 9.17) is 37.9 Å². The molecule has 0 amide bonds. The van der Waals surface area contributed by atoms with Gasteiger partial charge in [0.15, 0.2) is 52.9 Å². The van der Waals surface area contributed by atoms with Gasteiger partial charge in [0, 0.05) is 51.4 Å². The van der Waals surface area contributed by atoms with Crippen LogP contribution < -0.4 is 37.9 Å². The van der Waals surface area contributed by atoms with E-state index >= 15 is 0 Å². The minimum atomic E-state index is -1.32. The molecule has 0 radical (unpaired) electrons. The van der Waals surface area contributed by atoms with Gasteiger partial charge in [0.25, 0.3) is 0 Å². The van der Waals surface area contributed by atoms with Gasteiger partial charge < -0.3 is 78.7 Å². The summed E-state index contributed by atoms with van der Waals surface area (Å²) in [6.07, 6.45) is -0.474. The highest BCUT2D eigenvalue weighted by atomic mass is 16.5. The molecule has 1 aliphatic carbocycles. The van der Waals surface area contributed by atoms with Crippen LogP contribution in [0.5, 0.6) is 46.0 Å². The first-order chi connectivity index (χ1) is 46.2. The van der Waals surface area contributed by atoms with Crippen LogP contribution >= 0.6 is 0 Å². The number of benzene rings is 8. The first-order valence-corrected chi connectivity index (χ1v) is 29.8. The van der Waals surface area contributed by atoms with Crippen LogP contribution in [0.2, 0.25) is 0 Å². The molecule has 0 spiro atoms. The molecule has 0 atom stereocenters. The summed E-state index contributed by atoms with van der Waals surface area (Å²) in [5.74, 6) is -9.71. The third-order valence-electron chi connectivity index (χ3n) is 15.2. The van der Waals surface area contributed by atoms with Crippen LogP contribution in [0.15, 0.2) is 146 Å². The van der Waals surface area contributed by atoms with Crippen LogP contribution in [0, 0.1) is 0 Å². The SMILES string of the molecule is O=C(O)COc1c2cccc1Cc1cccc(c1OCC(=O)O)Cc1cccc(c1OCC(=O)O)Cc1cccc(c1OCC(=O)O)Cc1cccc(c1OCC(=O)O)Cc1cccc(c1OCC(=O)O)Cc1cccc(c1OCC(=O)O)Cc1cccc(c1OCC(=O)O)C2. The first kappa shape index (κ1) is 68.3. The van der Waals surface area contributed by atoms with Gasteiger partial charge >= 0.3 is 47.8 Å². The van der Waals surface area contributed by atoms with E-state index in [0.717, 1.165) is 0 Å². The molecule has 0 aromatic heterocycles. The number of fused-ring (bicyclic) bond motifs is 16. The lowest BCUT2D eigenvalue weighted by Gasteiger charge is -2.22. The number of ether oxygens (including phenoxy) is 8. The fourth-order valence-corrected chi connectivity index (χ4v) is 11.5. The zero-order valence-electron chi connectivity index (χ0n) is 51.3. The maximum absolute atomic E-state index is 12.3. The fraction of sp³-hybridized carbons (Fsp3) is 0.222. The van der Waals surface area contributed by atoms with Crippen molar-refractivity contribution in [3.8, 4) is 46.0 Å². The summed E-state index contributed by atoms with van der Waals surface area (Å²) >= 11 is 0. The molecule has 496 valence electrons. The summed E-state index contributed by atoms with van der Waals surface area (Å²) in [5, 5.41) is 80.1. The molecule has 0 saturated heterocycles. The predicted molar refractivity (Wildman–Crippen MR) is 339 cm³/mol. The van der Waals surface area contributed by atoms with Gasteiger partial charge in [-0.15, -0.1) is 0 Å². The fourth-order valence-electron chi connectivity index (χ4n) is 11.5. The molecule has 8 aromatic carbocycles. The second kappa shape index (κ2) is 32.0. The number of para-hydroxylation sites is 8. The van der Waals surface area contributed by atoms with Crippen molar-refractivity contribution in [3.63, 3.8) is 0 Å². The number of hydrogen-bond acceptors (Lipinski definition) is 16. The Bertz CT molecular complexity index is 3290. The molecule has 24 heteroatoms. The molecule has 0 unspecified atom stereocenters. The third kappa shape index (κ3) is 18.1. The van der Waals surface area contributed by atoms with E-state index in [1.54, 1.807) is 146 Å². The van der Waals surface area contributed by atoms with Gasteiger partial charge in [-0.1, -0.05) is 146 Å². The highest BCUT2D eigenvalue weighted by Crippen LogP contribution is 2.42. The van der Waals surface area contributed by atoms with Crippen molar-refractivity contribution in [2.75, 3.05) is 52.9 Å². The van der Waals surface area contributed by atoms with E-state index in [9.17, 15) is 79.2 Å². The molecule has 0 saturated carbocycles. The first-order valence-electron chi connectivity index (χ1n) is 29.8. The van der Waals surface area contributed by atoms with Crippen molar-refractivity contribution in [2.24, 2.45) is 0 Å². The Morgan fingerprint density at radius 3 is 0.344 bits per heavy atom. The highest BCUT2D eigenvalue weighted by molar-refractivity contribution is 5.73. The van der Waals surface area contributed by atoms with Gasteiger partial charge in [-0.3, -0.25) is 0 Å². The summed E-state index contributed by atoms with van der Waals surface area (Å²) in [6, 6.07) is 40.3. The van der Waals surface area contributed by atoms with E-state index < -0.39 is 101 Å². The largest absolute Gasteiger partial charge is 0.481 e. The van der Waals surface area contributed by atoms with E-state index in [-0.39, 0.29) is 97.4 Å². The van der Waals surface area contributed by atoms with Crippen LogP contribution in [-0.2, 0) is 89.7 Å². The van der Waals surface area contributed by atoms with Crippen molar-refractivity contribution in [1.29, 1.82) is 0 Å². The highest BCUT2D eigenvalue weighted by Gasteiger charge is 2.26. The van der Waals surface area contributed by atoms with E-state index in [0.29, 0.717) is 89.0 Å². The molecule has 1 aliphatic rings. The predicted octanol–water partition coefficient (Wildman–Crippen LogP) is 8.43. The lowest BCUT2D eigenvalue weighted by atomic mass is 9.91. The zero-order valence-corrected chi connectivity index (χ0v) is 51.3.